The van der Waals surface area contributed by atoms with E-state index < -0.39 is 29.5 Å². The number of nitrogens with one attached hydrogen (secondary N) is 3. The summed E-state index contributed by atoms with van der Waals surface area (Å²) in [4.78, 5) is 89.2. The monoisotopic (exact) mass is 1000 g/mol. The van der Waals surface area contributed by atoms with Crippen LogP contribution in [0, 0.1) is 17.6 Å². The van der Waals surface area contributed by atoms with Crippen LogP contribution in [0.3, 0.4) is 0 Å². The van der Waals surface area contributed by atoms with E-state index in [4.69, 9.17) is 4.74 Å². The van der Waals surface area contributed by atoms with E-state index in [0.29, 0.717) is 106 Å². The van der Waals surface area contributed by atoms with Crippen molar-refractivity contribution in [2.45, 2.75) is 107 Å². The molecule has 2 aliphatic carbocycles. The standard InChI is InChI=1S/C55H67F2N9O7/c56-46-15-11-37(38-32-66(33-38)49(67)31-58-39-12-13-39)30-44(46)52(69)59-51(36-6-2-1-3-7-36)55(72)64-22-18-41(19-23-64)73-40-16-20-62(21-17-40)34-50(68)63-24-26-65(27-25-63)54(71)45-28-35(10-14-47(45)57)29-48-42-8-4-5-9-43(42)53(70)61-60-48/h4-5,8-11,14-15,28,30,36,38-41,51,58H,1-3,6-7,12-13,16-27,29,31-34H2,(H,59,69)(H,61,70)/t51-/m1/s1. The molecule has 18 heteroatoms. The van der Waals surface area contributed by atoms with Gasteiger partial charge < -0.3 is 35.0 Å². The lowest BCUT2D eigenvalue weighted by molar-refractivity contribution is -0.140. The lowest BCUT2D eigenvalue weighted by atomic mass is 9.83. The van der Waals surface area contributed by atoms with Crippen LogP contribution in [0.2, 0.25) is 0 Å². The van der Waals surface area contributed by atoms with Crippen molar-refractivity contribution in [2.24, 2.45) is 5.92 Å². The van der Waals surface area contributed by atoms with Crippen LogP contribution in [-0.2, 0) is 25.5 Å². The highest BCUT2D eigenvalue weighted by atomic mass is 19.1. The maximum atomic E-state index is 15.3. The van der Waals surface area contributed by atoms with Gasteiger partial charge in [0.25, 0.3) is 17.4 Å². The summed E-state index contributed by atoms with van der Waals surface area (Å²) in [7, 11) is 0. The Balaban J connectivity index is 0.654. The van der Waals surface area contributed by atoms with Gasteiger partial charge in [0.05, 0.1) is 47.5 Å². The van der Waals surface area contributed by atoms with E-state index in [-0.39, 0.29) is 78.1 Å². The highest BCUT2D eigenvalue weighted by molar-refractivity contribution is 5.98. The van der Waals surface area contributed by atoms with E-state index in [0.717, 1.165) is 63.4 Å². The molecule has 1 aromatic heterocycles. The quantitative estimate of drug-likeness (QED) is 0.152. The van der Waals surface area contributed by atoms with Gasteiger partial charge in [-0.1, -0.05) is 49.6 Å². The van der Waals surface area contributed by atoms with Gasteiger partial charge in [-0.25, -0.2) is 13.9 Å². The van der Waals surface area contributed by atoms with Gasteiger partial charge in [-0.05, 0) is 98.7 Å². The highest BCUT2D eigenvalue weighted by Gasteiger charge is 2.38. The molecule has 4 saturated heterocycles. The molecule has 2 saturated carbocycles. The number of ether oxygens (including phenoxy) is 1. The maximum absolute atomic E-state index is 15.3. The molecule has 4 aromatic rings. The molecule has 1 atom stereocenters. The Labute approximate surface area is 424 Å². The number of H-pyrrole nitrogens is 1. The normalized spacial score (nSPS) is 20.2. The second-order valence-corrected chi connectivity index (χ2v) is 21.1. The molecule has 388 valence electrons. The molecular weight excluding hydrogens is 937 g/mol. The fourth-order valence-electron chi connectivity index (χ4n) is 11.4. The number of piperazine rings is 1. The van der Waals surface area contributed by atoms with Crippen molar-refractivity contribution in [2.75, 3.05) is 78.5 Å². The number of hydrogen-bond acceptors (Lipinski definition) is 10. The SMILES string of the molecule is O=C(N[C@@H](C(=O)N1CCC(OC2CCN(CC(=O)N3CCN(C(=O)c4cc(Cc5n[nH]c(=O)c6ccccc56)ccc4F)CC3)CC2)CC1)C1CCCCC1)c1cc(C2CN(C(=O)CNC3CC3)C2)ccc1F. The number of carbonyl (C=O) groups is 5. The molecule has 3 N–H and O–H groups in total. The minimum atomic E-state index is -0.753. The number of rotatable bonds is 15. The van der Waals surface area contributed by atoms with Crippen molar-refractivity contribution in [1.29, 1.82) is 0 Å². The zero-order valence-electron chi connectivity index (χ0n) is 41.5. The third-order valence-corrected chi connectivity index (χ3v) is 16.1. The van der Waals surface area contributed by atoms with Crippen LogP contribution in [-0.4, -0.2) is 167 Å². The summed E-state index contributed by atoms with van der Waals surface area (Å²) < 4.78 is 37.0. The second kappa shape index (κ2) is 22.6. The smallest absolute Gasteiger partial charge is 0.272 e. The van der Waals surface area contributed by atoms with E-state index in [1.165, 1.54) is 12.1 Å². The largest absolute Gasteiger partial charge is 0.375 e. The van der Waals surface area contributed by atoms with E-state index in [9.17, 15) is 28.8 Å². The number of piperidine rings is 2. The summed E-state index contributed by atoms with van der Waals surface area (Å²) in [5.74, 6) is -2.38. The second-order valence-electron chi connectivity index (χ2n) is 21.1. The summed E-state index contributed by atoms with van der Waals surface area (Å²) in [6.45, 7) is 5.32. The van der Waals surface area contributed by atoms with Crippen LogP contribution in [0.25, 0.3) is 10.8 Å². The Morgan fingerprint density at radius 3 is 2.05 bits per heavy atom. The van der Waals surface area contributed by atoms with Crippen LogP contribution in [0.5, 0.6) is 0 Å². The first kappa shape index (κ1) is 50.4. The maximum Gasteiger partial charge on any atom is 0.272 e. The Kier molecular flexibility index (Phi) is 15.6. The van der Waals surface area contributed by atoms with Crippen molar-refractivity contribution in [3.63, 3.8) is 0 Å². The van der Waals surface area contributed by atoms with Gasteiger partial charge in [0.1, 0.15) is 17.7 Å². The first-order valence-corrected chi connectivity index (χ1v) is 26.5. The summed E-state index contributed by atoms with van der Waals surface area (Å²) in [6.07, 6.45) is 10.1. The van der Waals surface area contributed by atoms with Gasteiger partial charge in [0.15, 0.2) is 0 Å². The van der Waals surface area contributed by atoms with E-state index in [2.05, 4.69) is 25.7 Å². The minimum absolute atomic E-state index is 0.00914. The number of aromatic nitrogens is 2. The molecule has 3 aromatic carbocycles. The number of likely N-dealkylation sites (tertiary alicyclic amines) is 3. The number of nitrogens with zero attached hydrogens (tertiary/aromatic N) is 6. The first-order chi connectivity index (χ1) is 35.4. The van der Waals surface area contributed by atoms with Gasteiger partial charge in [0.2, 0.25) is 17.7 Å². The zero-order chi connectivity index (χ0) is 50.6. The lowest BCUT2D eigenvalue weighted by Gasteiger charge is -2.40. The van der Waals surface area contributed by atoms with Crippen molar-refractivity contribution < 1.29 is 37.5 Å². The molecule has 4 aliphatic heterocycles. The summed E-state index contributed by atoms with van der Waals surface area (Å²) in [5, 5.41) is 14.2. The van der Waals surface area contributed by atoms with Gasteiger partial charge in [-0.3, -0.25) is 33.7 Å². The molecule has 5 amide bonds. The molecule has 0 bridgehead atoms. The van der Waals surface area contributed by atoms with Crippen LogP contribution >= 0.6 is 0 Å². The topological polar surface area (TPSA) is 181 Å². The van der Waals surface area contributed by atoms with Crippen LogP contribution < -0.4 is 16.2 Å². The average Bonchev–Trinajstić information content (AvgIpc) is 4.24. The van der Waals surface area contributed by atoms with Crippen LogP contribution in [0.1, 0.15) is 114 Å². The molecule has 0 radical (unpaired) electrons. The Bertz CT molecular complexity index is 2730. The van der Waals surface area contributed by atoms with E-state index >= 15 is 8.78 Å². The molecule has 16 nitrogen and oxygen atoms in total. The third kappa shape index (κ3) is 12.0. The predicted molar refractivity (Wildman–Crippen MR) is 269 cm³/mol. The number of carbonyl (C=O) groups excluding carboxylic acids is 5. The van der Waals surface area contributed by atoms with Crippen molar-refractivity contribution in [3.05, 3.63) is 111 Å². The van der Waals surface area contributed by atoms with Crippen LogP contribution in [0.15, 0.2) is 65.5 Å². The molecular formula is C55H67F2N9O7. The first-order valence-electron chi connectivity index (χ1n) is 26.5. The molecule has 73 heavy (non-hydrogen) atoms. The van der Waals surface area contributed by atoms with E-state index in [1.807, 2.05) is 17.0 Å². The lowest BCUT2D eigenvalue weighted by Crippen LogP contribution is -2.55. The number of amides is 5. The molecule has 6 aliphatic rings. The summed E-state index contributed by atoms with van der Waals surface area (Å²) in [5.41, 5.74) is 1.69. The molecule has 0 unspecified atom stereocenters. The highest BCUT2D eigenvalue weighted by Crippen LogP contribution is 2.32. The number of hydrogen-bond donors (Lipinski definition) is 3. The van der Waals surface area contributed by atoms with Crippen LogP contribution in [0.4, 0.5) is 8.78 Å². The van der Waals surface area contributed by atoms with Crippen molar-refractivity contribution in [1.82, 2.24) is 45.3 Å². The molecule has 5 heterocycles. The number of aromatic amines is 1. The molecule has 0 spiro atoms. The Morgan fingerprint density at radius 1 is 0.685 bits per heavy atom. The van der Waals surface area contributed by atoms with Gasteiger partial charge in [0, 0.05) is 89.2 Å². The van der Waals surface area contributed by atoms with Gasteiger partial charge >= 0.3 is 0 Å². The summed E-state index contributed by atoms with van der Waals surface area (Å²) in [6, 6.07) is 15.9. The fraction of sp³-hybridized carbons (Fsp3) is 0.545. The predicted octanol–water partition coefficient (Wildman–Crippen LogP) is 4.61. The molecule has 6 fully saturated rings. The fourth-order valence-corrected chi connectivity index (χ4v) is 11.4. The Morgan fingerprint density at radius 2 is 1.34 bits per heavy atom. The van der Waals surface area contributed by atoms with E-state index in [1.54, 1.807) is 51.1 Å². The van der Waals surface area contributed by atoms with Gasteiger partial charge in [-0.2, -0.15) is 5.10 Å². The summed E-state index contributed by atoms with van der Waals surface area (Å²) >= 11 is 0. The Hall–Kier alpha value is -6.11. The van der Waals surface area contributed by atoms with Crippen molar-refractivity contribution in [3.8, 4) is 0 Å². The zero-order valence-corrected chi connectivity index (χ0v) is 41.5. The minimum Gasteiger partial charge on any atom is -0.375 e. The average molecular weight is 1000 g/mol. The molecule has 10 rings (SSSR count). The number of fused-ring (bicyclic) bond motifs is 1. The number of halogens is 2. The van der Waals surface area contributed by atoms with Gasteiger partial charge in [-0.15, -0.1) is 0 Å². The third-order valence-electron chi connectivity index (χ3n) is 16.1. The van der Waals surface area contributed by atoms with Crippen molar-refractivity contribution >= 4 is 40.3 Å². The number of benzene rings is 3.